The number of allylic oxidation sites excluding steroid dienone is 4. The highest BCUT2D eigenvalue weighted by atomic mass is 15.1. The number of fused-ring (bicyclic) bond motifs is 2. The summed E-state index contributed by atoms with van der Waals surface area (Å²) in [4.78, 5) is 4.72. The minimum atomic E-state index is 0.514. The van der Waals surface area contributed by atoms with E-state index in [1.165, 1.54) is 34.0 Å². The van der Waals surface area contributed by atoms with Crippen molar-refractivity contribution in [3.63, 3.8) is 0 Å². The van der Waals surface area contributed by atoms with Gasteiger partial charge in [0.2, 0.25) is 0 Å². The Morgan fingerprint density at radius 1 is 1.08 bits per heavy atom. The van der Waals surface area contributed by atoms with E-state index < -0.39 is 0 Å². The van der Waals surface area contributed by atoms with Crippen LogP contribution in [0.15, 0.2) is 67.0 Å². The highest BCUT2D eigenvalue weighted by molar-refractivity contribution is 5.93. The Morgan fingerprint density at radius 2 is 1.92 bits per heavy atom. The average molecular weight is 326 g/mol. The molecule has 2 aliphatic carbocycles. The van der Waals surface area contributed by atoms with E-state index in [1.54, 1.807) is 0 Å². The molecule has 0 saturated heterocycles. The lowest BCUT2D eigenvalue weighted by Crippen LogP contribution is -2.04. The van der Waals surface area contributed by atoms with Gasteiger partial charge in [-0.25, -0.2) is 4.98 Å². The molecule has 5 rings (SSSR count). The van der Waals surface area contributed by atoms with Gasteiger partial charge in [0.05, 0.1) is 5.69 Å². The Kier molecular flexibility index (Phi) is 3.21. The number of hydrogen-bond donors (Lipinski definition) is 0. The van der Waals surface area contributed by atoms with E-state index in [1.807, 2.05) is 6.20 Å². The van der Waals surface area contributed by atoms with E-state index in [4.69, 9.17) is 4.98 Å². The maximum Gasteiger partial charge on any atom is 0.140 e. The van der Waals surface area contributed by atoms with Crippen LogP contribution in [0.5, 0.6) is 0 Å². The Morgan fingerprint density at radius 3 is 2.76 bits per heavy atom. The van der Waals surface area contributed by atoms with Gasteiger partial charge in [-0.3, -0.25) is 4.57 Å². The molecule has 2 aromatic carbocycles. The Hall–Kier alpha value is -2.61. The van der Waals surface area contributed by atoms with E-state index >= 15 is 0 Å². The molecule has 0 bridgehead atoms. The first-order valence-electron chi connectivity index (χ1n) is 9.18. The van der Waals surface area contributed by atoms with Gasteiger partial charge in [-0.05, 0) is 46.8 Å². The molecule has 0 amide bonds. The van der Waals surface area contributed by atoms with Gasteiger partial charge in [-0.2, -0.15) is 0 Å². The molecule has 2 nitrogen and oxygen atoms in total. The number of rotatable bonds is 3. The third-order valence-electron chi connectivity index (χ3n) is 5.59. The zero-order chi connectivity index (χ0) is 17.0. The van der Waals surface area contributed by atoms with Gasteiger partial charge in [-0.1, -0.05) is 62.4 Å². The number of benzene rings is 2. The van der Waals surface area contributed by atoms with E-state index in [2.05, 4.69) is 79.2 Å². The van der Waals surface area contributed by atoms with Crippen molar-refractivity contribution < 1.29 is 0 Å². The zero-order valence-corrected chi connectivity index (χ0v) is 14.7. The van der Waals surface area contributed by atoms with Crippen molar-refractivity contribution in [2.24, 2.45) is 11.8 Å². The summed E-state index contributed by atoms with van der Waals surface area (Å²) >= 11 is 0. The molecule has 0 N–H and O–H groups in total. The minimum absolute atomic E-state index is 0.514. The monoisotopic (exact) mass is 326 g/mol. The van der Waals surface area contributed by atoms with Gasteiger partial charge in [0.15, 0.2) is 0 Å². The van der Waals surface area contributed by atoms with Crippen LogP contribution in [-0.4, -0.2) is 9.55 Å². The van der Waals surface area contributed by atoms with Crippen LogP contribution >= 0.6 is 0 Å². The highest BCUT2D eigenvalue weighted by Gasteiger charge is 2.41. The van der Waals surface area contributed by atoms with Gasteiger partial charge in [0.1, 0.15) is 5.82 Å². The van der Waals surface area contributed by atoms with Gasteiger partial charge in [0.25, 0.3) is 0 Å². The number of aromatic nitrogens is 2. The highest BCUT2D eigenvalue weighted by Crippen LogP contribution is 2.51. The van der Waals surface area contributed by atoms with Crippen LogP contribution in [0.4, 0.5) is 0 Å². The van der Waals surface area contributed by atoms with E-state index in [-0.39, 0.29) is 0 Å². The smallest absolute Gasteiger partial charge is 0.140 e. The van der Waals surface area contributed by atoms with Crippen LogP contribution in [0, 0.1) is 11.8 Å². The molecule has 3 aromatic rings. The number of imidazole rings is 1. The second-order valence-corrected chi connectivity index (χ2v) is 7.51. The summed E-state index contributed by atoms with van der Waals surface area (Å²) in [7, 11) is 0. The molecule has 2 atom stereocenters. The summed E-state index contributed by atoms with van der Waals surface area (Å²) in [6.07, 6.45) is 12.1. The van der Waals surface area contributed by atoms with Gasteiger partial charge >= 0.3 is 0 Å². The fraction of sp³-hybridized carbons (Fsp3) is 0.261. The third kappa shape index (κ3) is 2.28. The van der Waals surface area contributed by atoms with Crippen LogP contribution in [0.25, 0.3) is 22.0 Å². The predicted molar refractivity (Wildman–Crippen MR) is 104 cm³/mol. The van der Waals surface area contributed by atoms with Crippen LogP contribution in [0.1, 0.15) is 37.6 Å². The maximum atomic E-state index is 4.72. The lowest BCUT2D eigenvalue weighted by Gasteiger charge is -2.17. The quantitative estimate of drug-likeness (QED) is 0.600. The first-order valence-corrected chi connectivity index (χ1v) is 9.18. The molecular weight excluding hydrogens is 304 g/mol. The molecule has 0 radical (unpaired) electrons. The number of nitrogens with zero attached hydrogens (tertiary/aromatic N) is 2. The maximum absolute atomic E-state index is 4.72. The van der Waals surface area contributed by atoms with Crippen LogP contribution in [-0.2, 0) is 0 Å². The molecule has 25 heavy (non-hydrogen) atoms. The normalized spacial score (nSPS) is 21.5. The van der Waals surface area contributed by atoms with Crippen LogP contribution in [0.2, 0.25) is 0 Å². The average Bonchev–Trinajstić information content (AvgIpc) is 3.28. The largest absolute Gasteiger partial charge is 0.299 e. The van der Waals surface area contributed by atoms with Gasteiger partial charge in [-0.15, -0.1) is 0 Å². The summed E-state index contributed by atoms with van der Waals surface area (Å²) in [5.74, 6) is 3.00. The summed E-state index contributed by atoms with van der Waals surface area (Å²) in [6, 6.07) is 13.3. The van der Waals surface area contributed by atoms with Gasteiger partial charge < -0.3 is 0 Å². The fourth-order valence-electron chi connectivity index (χ4n) is 4.18. The minimum Gasteiger partial charge on any atom is -0.299 e. The Balaban J connectivity index is 1.71. The second-order valence-electron chi connectivity index (χ2n) is 7.51. The molecule has 124 valence electrons. The third-order valence-corrected chi connectivity index (χ3v) is 5.59. The molecule has 2 unspecified atom stereocenters. The summed E-state index contributed by atoms with van der Waals surface area (Å²) < 4.78 is 2.27. The van der Waals surface area contributed by atoms with E-state index in [0.717, 1.165) is 11.7 Å². The lowest BCUT2D eigenvalue weighted by molar-refractivity contribution is 0.875. The Labute approximate surface area is 148 Å². The molecular formula is C23H22N2. The second kappa shape index (κ2) is 5.45. The summed E-state index contributed by atoms with van der Waals surface area (Å²) in [5.41, 5.74) is 4.01. The van der Waals surface area contributed by atoms with Crippen molar-refractivity contribution >= 4 is 16.3 Å². The molecule has 1 aromatic heterocycles. The molecule has 2 heteroatoms. The first-order chi connectivity index (χ1) is 12.2. The lowest BCUT2D eigenvalue weighted by atomic mass is 9.95. The topological polar surface area (TPSA) is 17.8 Å². The SMILES string of the molecule is CC(C)c1ccc(-n2ccnc2C2=CC=CC3CC23)c2ccccc12. The van der Waals surface area contributed by atoms with Crippen molar-refractivity contribution in [1.82, 2.24) is 9.55 Å². The molecule has 1 heterocycles. The van der Waals surface area contributed by atoms with E-state index in [0.29, 0.717) is 11.8 Å². The number of hydrogen-bond acceptors (Lipinski definition) is 1. The molecule has 0 aliphatic heterocycles. The predicted octanol–water partition coefficient (Wildman–Crippen LogP) is 5.74. The first kappa shape index (κ1) is 14.7. The van der Waals surface area contributed by atoms with Crippen molar-refractivity contribution in [3.05, 3.63) is 78.4 Å². The molecule has 1 saturated carbocycles. The van der Waals surface area contributed by atoms with Gasteiger partial charge in [0, 0.05) is 17.8 Å². The summed E-state index contributed by atoms with van der Waals surface area (Å²) in [6.45, 7) is 4.52. The van der Waals surface area contributed by atoms with Crippen LogP contribution in [0.3, 0.4) is 0 Å². The van der Waals surface area contributed by atoms with Crippen LogP contribution < -0.4 is 0 Å². The molecule has 0 spiro atoms. The fourth-order valence-corrected chi connectivity index (χ4v) is 4.18. The zero-order valence-electron chi connectivity index (χ0n) is 14.7. The molecule has 2 aliphatic rings. The van der Waals surface area contributed by atoms with E-state index in [9.17, 15) is 0 Å². The standard InChI is InChI=1S/C23H22N2/c1-15(2)17-10-11-22(19-8-4-3-7-18(17)19)25-13-12-24-23(25)20-9-5-6-16-14-21(16)20/h3-13,15-16,21H,14H2,1-2H3. The summed E-state index contributed by atoms with van der Waals surface area (Å²) in [5, 5.41) is 2.64. The van der Waals surface area contributed by atoms with Crippen molar-refractivity contribution in [3.8, 4) is 5.69 Å². The Bertz CT molecular complexity index is 1020. The molecule has 1 fully saturated rings. The van der Waals surface area contributed by atoms with Crippen molar-refractivity contribution in [2.45, 2.75) is 26.2 Å². The van der Waals surface area contributed by atoms with Crippen molar-refractivity contribution in [1.29, 1.82) is 0 Å². The van der Waals surface area contributed by atoms with Crippen molar-refractivity contribution in [2.75, 3.05) is 0 Å².